The van der Waals surface area contributed by atoms with Crippen molar-refractivity contribution in [3.8, 4) is 5.75 Å². The molecule has 0 aliphatic carbocycles. The van der Waals surface area contributed by atoms with Crippen LogP contribution in [0.1, 0.15) is 71.1 Å². The molecule has 1 N–H and O–H groups in total. The molecule has 0 atom stereocenters. The fourth-order valence-electron chi connectivity index (χ4n) is 4.14. The van der Waals surface area contributed by atoms with Gasteiger partial charge in [0.2, 0.25) is 0 Å². The van der Waals surface area contributed by atoms with Crippen LogP contribution in [0.4, 0.5) is 4.79 Å². The molecule has 1 fully saturated rings. The Bertz CT molecular complexity index is 1120. The summed E-state index contributed by atoms with van der Waals surface area (Å²) in [7, 11) is -3.75. The van der Waals surface area contributed by atoms with Gasteiger partial charge in [0.15, 0.2) is 0 Å². The van der Waals surface area contributed by atoms with E-state index in [1.165, 1.54) is 11.1 Å². The summed E-state index contributed by atoms with van der Waals surface area (Å²) in [5.74, 6) is 0.814. The number of benzene rings is 2. The van der Waals surface area contributed by atoms with Gasteiger partial charge in [-0.25, -0.2) is 9.36 Å². The molecule has 1 heterocycles. The van der Waals surface area contributed by atoms with Gasteiger partial charge in [-0.05, 0) is 97.4 Å². The topological polar surface area (TPSA) is 92.3 Å². The SMILES string of the molecule is Cc1cccc(CCCOc2ccc(CCC3(NC(=O)OC(C)(C)C)COP(=O)(OC(C)(C)C)OC3)cc2)c1. The van der Waals surface area contributed by atoms with Crippen molar-refractivity contribution in [2.75, 3.05) is 19.8 Å². The number of amides is 1. The van der Waals surface area contributed by atoms with Crippen molar-refractivity contribution in [2.24, 2.45) is 0 Å². The van der Waals surface area contributed by atoms with Crippen LogP contribution in [0.5, 0.6) is 5.75 Å². The molecule has 1 amide bonds. The number of hydrogen-bond acceptors (Lipinski definition) is 7. The van der Waals surface area contributed by atoms with E-state index in [0.29, 0.717) is 19.4 Å². The molecule has 2 aromatic carbocycles. The Morgan fingerprint density at radius 3 is 2.21 bits per heavy atom. The number of hydrogen-bond donors (Lipinski definition) is 1. The van der Waals surface area contributed by atoms with Crippen LogP contribution in [0.25, 0.3) is 0 Å². The number of carbonyl (C=O) groups is 1. The highest BCUT2D eigenvalue weighted by Crippen LogP contribution is 2.56. The lowest BCUT2D eigenvalue weighted by Crippen LogP contribution is -2.58. The quantitative estimate of drug-likeness (QED) is 0.243. The van der Waals surface area contributed by atoms with Crippen LogP contribution < -0.4 is 10.1 Å². The number of rotatable bonds is 10. The largest absolute Gasteiger partial charge is 0.494 e. The van der Waals surface area contributed by atoms with Crippen molar-refractivity contribution in [3.63, 3.8) is 0 Å². The van der Waals surface area contributed by atoms with Crippen LogP contribution in [-0.4, -0.2) is 42.7 Å². The van der Waals surface area contributed by atoms with Gasteiger partial charge in [0.05, 0.1) is 31.0 Å². The molecular weight excluding hydrogens is 517 g/mol. The van der Waals surface area contributed by atoms with Gasteiger partial charge in [-0.3, -0.25) is 13.6 Å². The van der Waals surface area contributed by atoms with Gasteiger partial charge < -0.3 is 14.8 Å². The summed E-state index contributed by atoms with van der Waals surface area (Å²) in [5, 5.41) is 2.91. The second-order valence-electron chi connectivity index (χ2n) is 12.2. The van der Waals surface area contributed by atoms with Crippen molar-refractivity contribution >= 4 is 13.9 Å². The van der Waals surface area contributed by atoms with Crippen molar-refractivity contribution in [1.82, 2.24) is 5.32 Å². The van der Waals surface area contributed by atoms with Crippen molar-refractivity contribution in [1.29, 1.82) is 0 Å². The molecule has 0 spiro atoms. The molecule has 0 bridgehead atoms. The molecule has 39 heavy (non-hydrogen) atoms. The molecule has 2 aromatic rings. The lowest BCUT2D eigenvalue weighted by Gasteiger charge is -2.41. The Morgan fingerprint density at radius 2 is 1.62 bits per heavy atom. The van der Waals surface area contributed by atoms with Gasteiger partial charge in [0.1, 0.15) is 11.4 Å². The molecule has 1 aliphatic heterocycles. The molecule has 0 saturated carbocycles. The van der Waals surface area contributed by atoms with Crippen LogP contribution in [0.3, 0.4) is 0 Å². The van der Waals surface area contributed by atoms with Crippen LogP contribution in [-0.2, 0) is 35.7 Å². The van der Waals surface area contributed by atoms with Crippen LogP contribution in [0.15, 0.2) is 48.5 Å². The Balaban J connectivity index is 1.56. The van der Waals surface area contributed by atoms with E-state index in [-0.39, 0.29) is 13.2 Å². The molecule has 0 radical (unpaired) electrons. The second-order valence-corrected chi connectivity index (χ2v) is 13.8. The van der Waals surface area contributed by atoms with E-state index >= 15 is 0 Å². The average molecular weight is 562 g/mol. The van der Waals surface area contributed by atoms with Gasteiger partial charge in [-0.1, -0.05) is 42.0 Å². The van der Waals surface area contributed by atoms with E-state index in [2.05, 4.69) is 36.5 Å². The molecule has 9 heteroatoms. The zero-order valence-corrected chi connectivity index (χ0v) is 25.3. The lowest BCUT2D eigenvalue weighted by atomic mass is 9.93. The molecule has 1 aliphatic rings. The van der Waals surface area contributed by atoms with Gasteiger partial charge in [-0.2, -0.15) is 0 Å². The van der Waals surface area contributed by atoms with E-state index in [1.807, 2.05) is 24.3 Å². The number of nitrogens with one attached hydrogen (secondary N) is 1. The van der Waals surface area contributed by atoms with Crippen molar-refractivity contribution in [2.45, 2.75) is 90.9 Å². The number of carbonyl (C=O) groups excluding carboxylic acids is 1. The maximum atomic E-state index is 12.9. The molecule has 8 nitrogen and oxygen atoms in total. The van der Waals surface area contributed by atoms with E-state index in [1.54, 1.807) is 41.5 Å². The maximum absolute atomic E-state index is 12.9. The third-order valence-corrected chi connectivity index (χ3v) is 7.59. The third-order valence-electron chi connectivity index (χ3n) is 5.93. The van der Waals surface area contributed by atoms with E-state index in [0.717, 1.165) is 24.2 Å². The fraction of sp³-hybridized carbons (Fsp3) is 0.567. The summed E-state index contributed by atoms with van der Waals surface area (Å²) >= 11 is 0. The van der Waals surface area contributed by atoms with Gasteiger partial charge >= 0.3 is 13.9 Å². The minimum Gasteiger partial charge on any atom is -0.494 e. The van der Waals surface area contributed by atoms with Crippen LogP contribution >= 0.6 is 7.82 Å². The van der Waals surface area contributed by atoms with Crippen molar-refractivity contribution < 1.29 is 32.4 Å². The van der Waals surface area contributed by atoms with Gasteiger partial charge in [-0.15, -0.1) is 0 Å². The highest BCUT2D eigenvalue weighted by molar-refractivity contribution is 7.48. The number of phosphoric acid groups is 1. The molecule has 216 valence electrons. The summed E-state index contributed by atoms with van der Waals surface area (Å²) in [4.78, 5) is 12.6. The first kappa shape index (κ1) is 31.2. The molecular formula is C30H44NO7P. The maximum Gasteiger partial charge on any atom is 0.475 e. The monoisotopic (exact) mass is 561 g/mol. The molecule has 1 saturated heterocycles. The summed E-state index contributed by atoms with van der Waals surface area (Å²) in [6.45, 7) is 13.4. The first-order chi connectivity index (χ1) is 18.1. The molecule has 3 rings (SSSR count). The predicted octanol–water partition coefficient (Wildman–Crippen LogP) is 7.17. The third kappa shape index (κ3) is 11.0. The Morgan fingerprint density at radius 1 is 0.949 bits per heavy atom. The average Bonchev–Trinajstić information content (AvgIpc) is 2.81. The summed E-state index contributed by atoms with van der Waals surface area (Å²) in [6, 6.07) is 16.5. The summed E-state index contributed by atoms with van der Waals surface area (Å²) in [5.41, 5.74) is 1.35. The van der Waals surface area contributed by atoms with E-state index in [9.17, 15) is 9.36 Å². The minimum atomic E-state index is -3.75. The predicted molar refractivity (Wildman–Crippen MR) is 152 cm³/mol. The highest BCUT2D eigenvalue weighted by Gasteiger charge is 2.46. The zero-order chi connectivity index (χ0) is 28.7. The fourth-order valence-corrected chi connectivity index (χ4v) is 5.80. The number of alkyl carbamates (subject to hydrolysis) is 1. The second kappa shape index (κ2) is 12.9. The summed E-state index contributed by atoms with van der Waals surface area (Å²) < 4.78 is 41.1. The first-order valence-corrected chi connectivity index (χ1v) is 15.0. The lowest BCUT2D eigenvalue weighted by molar-refractivity contribution is -0.0275. The van der Waals surface area contributed by atoms with Crippen LogP contribution in [0.2, 0.25) is 0 Å². The summed E-state index contributed by atoms with van der Waals surface area (Å²) in [6.07, 6.45) is 2.44. The van der Waals surface area contributed by atoms with E-state index in [4.69, 9.17) is 23.0 Å². The van der Waals surface area contributed by atoms with Gasteiger partial charge in [0.25, 0.3) is 0 Å². The van der Waals surface area contributed by atoms with E-state index < -0.39 is 30.7 Å². The van der Waals surface area contributed by atoms with Crippen molar-refractivity contribution in [3.05, 3.63) is 65.2 Å². The minimum absolute atomic E-state index is 0.0261. The standard InChI is InChI=1S/C30H44NO7P/c1-23-10-8-11-25(20-23)12-9-19-34-26-15-13-24(14-16-26)17-18-30(31-27(32)37-28(2,3)4)21-35-39(33,36-22-30)38-29(5,6)7/h8,10-11,13-16,20H,9,12,17-19,21-22H2,1-7H3,(H,31,32). The van der Waals surface area contributed by atoms with Gasteiger partial charge in [0, 0.05) is 0 Å². The Kier molecular flexibility index (Phi) is 10.3. The smallest absolute Gasteiger partial charge is 0.475 e. The molecule has 0 aromatic heterocycles. The first-order valence-electron chi connectivity index (χ1n) is 13.5. The normalized spacial score (nSPS) is 21.8. The zero-order valence-electron chi connectivity index (χ0n) is 24.4. The Hall–Kier alpha value is -2.38. The molecule has 0 unspecified atom stereocenters. The Labute approximate surface area is 233 Å². The number of phosphoric ester groups is 1. The van der Waals surface area contributed by atoms with Crippen LogP contribution in [0, 0.1) is 6.92 Å². The highest BCUT2D eigenvalue weighted by atomic mass is 31.2. The number of ether oxygens (including phenoxy) is 2. The number of aryl methyl sites for hydroxylation is 3.